The zero-order chi connectivity index (χ0) is 81.6. The van der Waals surface area contributed by atoms with Crippen molar-refractivity contribution in [2.45, 2.75) is 116 Å². The summed E-state index contributed by atoms with van der Waals surface area (Å²) in [7, 11) is 3.18. The number of ether oxygens (including phenoxy) is 4. The van der Waals surface area contributed by atoms with E-state index in [0.29, 0.717) is 62.1 Å². The fourth-order valence-electron chi connectivity index (χ4n) is 14.7. The van der Waals surface area contributed by atoms with Gasteiger partial charge in [0.2, 0.25) is 41.4 Å². The number of rotatable bonds is 35. The minimum atomic E-state index is -1.71. The molecule has 8 aromatic rings. The second-order valence-corrected chi connectivity index (χ2v) is 31.5. The van der Waals surface area contributed by atoms with E-state index in [2.05, 4.69) is 60.9 Å². The minimum Gasteiger partial charge on any atom is -0.495 e. The normalized spacial score (nSPS) is 17.1. The lowest BCUT2D eigenvalue weighted by Gasteiger charge is -2.45. The Balaban J connectivity index is 0.565. The standard InChI is InChI=1S/C84H93N15O15S2/c1-83(32-39-95(40-33-83)56-28-36-96(37-29-56)81-92-63-25-22-54(62-50-94(2)78(107)72-60(62)27-35-87-72)47-61(63)75(93-81)84(51-100,114-57-23-24-57)55-15-7-4-8-16-55)89-34-13-14-53-21-26-67(111-3)66(46-53)97-38-30-71(104)99(82(97)110)52-88-76(105)64(48-68(85)101)91-77(106)65(49-69(86)102)90-70(103)31-42-112-44-45-113-43-41-98-79(108)73(115-58-17-9-5-10-18-58)74(80(98)109)116-59-19-11-6-12-20-59/h4-12,15-22,25-27,35,46-47,50,56-57,64-65,87,89,100H,23-24,28-34,36-45,48-49,51-52H2,1-3H3,(H2,85,101)(H2,86,102)(H,88,105)(H,90,103)(H,91,106)/t64-,65?,84-/m0/s1. The van der Waals surface area contributed by atoms with Crippen molar-refractivity contribution in [1.29, 1.82) is 0 Å². The number of nitrogens with one attached hydrogen (secondary N) is 5. The van der Waals surface area contributed by atoms with Gasteiger partial charge in [-0.3, -0.25) is 53.0 Å². The number of carbonyl (C=O) groups excluding carboxylic acids is 9. The molecule has 116 heavy (non-hydrogen) atoms. The van der Waals surface area contributed by atoms with Crippen molar-refractivity contribution in [3.63, 3.8) is 0 Å². The number of likely N-dealkylation sites (tertiary alicyclic amines) is 1. The Labute approximate surface area is 678 Å². The van der Waals surface area contributed by atoms with Crippen molar-refractivity contribution in [3.8, 4) is 28.7 Å². The van der Waals surface area contributed by atoms with Crippen LogP contribution in [-0.2, 0) is 65.2 Å². The number of piperidine rings is 2. The third-order valence-electron chi connectivity index (χ3n) is 21.2. The number of pyridine rings is 1. The number of anilines is 2. The summed E-state index contributed by atoms with van der Waals surface area (Å²) in [6, 6.07) is 37.6. The van der Waals surface area contributed by atoms with Crippen LogP contribution in [0, 0.1) is 11.8 Å². The van der Waals surface area contributed by atoms with Crippen molar-refractivity contribution in [2.24, 2.45) is 18.5 Å². The highest BCUT2D eigenvalue weighted by Crippen LogP contribution is 2.45. The van der Waals surface area contributed by atoms with Crippen molar-refractivity contribution < 1.29 is 67.2 Å². The summed E-state index contributed by atoms with van der Waals surface area (Å²) in [6.45, 7) is 4.54. The van der Waals surface area contributed by atoms with E-state index in [1.165, 1.54) is 35.5 Å². The Morgan fingerprint density at radius 3 is 2.01 bits per heavy atom. The van der Waals surface area contributed by atoms with Gasteiger partial charge in [-0.1, -0.05) is 108 Å². The fraction of sp³-hybridized carbons (Fsp3) is 0.381. The predicted molar refractivity (Wildman–Crippen MR) is 436 cm³/mol. The molecule has 10 amide bonds. The minimum absolute atomic E-state index is 0.00241. The van der Waals surface area contributed by atoms with Crippen molar-refractivity contribution >= 4 is 110 Å². The van der Waals surface area contributed by atoms with Gasteiger partial charge in [0.15, 0.2) is 5.60 Å². The van der Waals surface area contributed by atoms with Crippen LogP contribution in [0.15, 0.2) is 170 Å². The molecule has 1 saturated carbocycles. The first-order valence-electron chi connectivity index (χ1n) is 38.6. The molecule has 3 atom stereocenters. The first-order chi connectivity index (χ1) is 56.1. The second kappa shape index (κ2) is 37.5. The number of aliphatic hydroxyl groups is 1. The molecule has 7 heterocycles. The number of aromatic amines is 1. The molecule has 13 rings (SSSR count). The van der Waals surface area contributed by atoms with Crippen LogP contribution in [0.2, 0.25) is 0 Å². The van der Waals surface area contributed by atoms with E-state index in [1.54, 1.807) is 36.0 Å². The number of thioether (sulfide) groups is 2. The maximum absolute atomic E-state index is 14.3. The van der Waals surface area contributed by atoms with Gasteiger partial charge in [0.1, 0.15) is 30.0 Å². The highest BCUT2D eigenvalue weighted by Gasteiger charge is 2.45. The number of aliphatic hydroxyl groups excluding tert-OH is 1. The number of primary amides is 2. The van der Waals surface area contributed by atoms with Crippen LogP contribution in [0.3, 0.4) is 0 Å². The highest BCUT2D eigenvalue weighted by molar-refractivity contribution is 8.08. The maximum atomic E-state index is 14.3. The molecule has 1 unspecified atom stereocenters. The van der Waals surface area contributed by atoms with Crippen LogP contribution < -0.4 is 52.8 Å². The molecule has 1 aliphatic carbocycles. The average molecular weight is 1620 g/mol. The Hall–Kier alpha value is -11.3. The molecule has 3 aromatic heterocycles. The summed E-state index contributed by atoms with van der Waals surface area (Å²) in [6.07, 6.45) is 6.95. The number of hydrogen-bond acceptors (Lipinski definition) is 22. The van der Waals surface area contributed by atoms with E-state index < -0.39 is 90.5 Å². The third-order valence-corrected chi connectivity index (χ3v) is 23.5. The zero-order valence-corrected chi connectivity index (χ0v) is 66.3. The number of hydrogen-bond donors (Lipinski definition) is 8. The first kappa shape index (κ1) is 82.7. The molecule has 606 valence electrons. The topological polar surface area (TPSA) is 391 Å². The number of urea groups is 1. The molecule has 5 aliphatic rings. The number of H-pyrrole nitrogens is 1. The summed E-state index contributed by atoms with van der Waals surface area (Å²) < 4.78 is 25.4. The van der Waals surface area contributed by atoms with Crippen LogP contribution in [0.25, 0.3) is 32.9 Å². The average Bonchev–Trinajstić information content (AvgIpc) is 1.13. The fourth-order valence-corrected chi connectivity index (χ4v) is 16.8. The number of aromatic nitrogens is 4. The molecule has 4 fully saturated rings. The van der Waals surface area contributed by atoms with Gasteiger partial charge >= 0.3 is 6.03 Å². The summed E-state index contributed by atoms with van der Waals surface area (Å²) >= 11 is 2.43. The largest absolute Gasteiger partial charge is 0.495 e. The Bertz CT molecular complexity index is 5090. The predicted octanol–water partition coefficient (Wildman–Crippen LogP) is 5.91. The molecular formula is C84H93N15O15S2. The number of imide groups is 2. The van der Waals surface area contributed by atoms with Crippen LogP contribution in [0.5, 0.6) is 5.75 Å². The van der Waals surface area contributed by atoms with Crippen LogP contribution in [0.1, 0.15) is 88.0 Å². The van der Waals surface area contributed by atoms with Gasteiger partial charge in [0.05, 0.1) is 98.9 Å². The second-order valence-electron chi connectivity index (χ2n) is 29.3. The smallest absolute Gasteiger partial charge is 0.332 e. The summed E-state index contributed by atoms with van der Waals surface area (Å²) in [5.74, 6) is 0.956. The van der Waals surface area contributed by atoms with E-state index in [1.807, 2.05) is 115 Å². The SMILES string of the molecule is COc1ccc(C#CCNC2(C)CCN(C3CCN(c4nc([C@@](CO)(OC5CC5)c5ccccc5)c5cc(-c6cn(C)c(=O)c7[nH]ccc67)ccc5n4)CC3)CC2)cc1N1CCC(=O)N(CNC(=O)[C@H](CC(N)=O)NC(=O)C(CC(N)=O)NC(=O)CCOCCOCCN2C(=O)C(Sc3ccccc3)=C(Sc3ccccc3)C2=O)C1=O. The number of amides is 10. The van der Waals surface area contributed by atoms with Crippen molar-refractivity contribution in [3.05, 3.63) is 183 Å². The number of carbonyl (C=O) groups is 9. The van der Waals surface area contributed by atoms with Gasteiger partial charge < -0.3 is 76.1 Å². The van der Waals surface area contributed by atoms with Gasteiger partial charge in [-0.05, 0) is 117 Å². The number of aryl methyl sites for hydroxylation is 1. The Kier molecular flexibility index (Phi) is 26.8. The third kappa shape index (κ3) is 19.6. The number of methoxy groups -OCH3 is 1. The van der Waals surface area contributed by atoms with Gasteiger partial charge in [0, 0.05) is 108 Å². The monoisotopic (exact) mass is 1620 g/mol. The van der Waals surface area contributed by atoms with Gasteiger partial charge in [-0.25, -0.2) is 19.7 Å². The van der Waals surface area contributed by atoms with E-state index in [0.717, 1.165) is 112 Å². The van der Waals surface area contributed by atoms with Crippen molar-refractivity contribution in [2.75, 3.05) is 102 Å². The van der Waals surface area contributed by atoms with E-state index in [-0.39, 0.29) is 76.2 Å². The lowest BCUT2D eigenvalue weighted by Crippen LogP contribution is -2.59. The Morgan fingerprint density at radius 2 is 1.37 bits per heavy atom. The van der Waals surface area contributed by atoms with E-state index in [4.69, 9.17) is 40.4 Å². The number of nitrogens with zero attached hydrogens (tertiary/aromatic N) is 8. The number of fused-ring (bicyclic) bond motifs is 2. The molecule has 30 nitrogen and oxygen atoms in total. The molecule has 0 radical (unpaired) electrons. The quantitative estimate of drug-likeness (QED) is 0.0130. The molecular weight excluding hydrogens is 1520 g/mol. The molecule has 0 spiro atoms. The first-order valence-corrected chi connectivity index (χ1v) is 40.2. The van der Waals surface area contributed by atoms with E-state index >= 15 is 0 Å². The van der Waals surface area contributed by atoms with Crippen molar-refractivity contribution in [1.82, 2.24) is 55.5 Å². The van der Waals surface area contributed by atoms with Gasteiger partial charge in [-0.2, -0.15) is 0 Å². The maximum Gasteiger partial charge on any atom is 0.332 e. The Morgan fingerprint density at radius 1 is 0.724 bits per heavy atom. The summed E-state index contributed by atoms with van der Waals surface area (Å²) in [5, 5.41) is 24.0. The highest BCUT2D eigenvalue weighted by atomic mass is 32.2. The number of nitrogens with two attached hydrogens (primary N) is 2. The molecule has 10 N–H and O–H groups in total. The lowest BCUT2D eigenvalue weighted by atomic mass is 9.87. The molecule has 5 aromatic carbocycles. The molecule has 3 saturated heterocycles. The molecule has 32 heteroatoms. The van der Waals surface area contributed by atoms with Crippen LogP contribution in [0.4, 0.5) is 16.4 Å². The molecule has 0 bridgehead atoms. The van der Waals surface area contributed by atoms with E-state index in [9.17, 15) is 53.1 Å². The zero-order valence-electron chi connectivity index (χ0n) is 64.6. The number of benzene rings is 5. The summed E-state index contributed by atoms with van der Waals surface area (Å²) in [4.78, 5) is 157. The van der Waals surface area contributed by atoms with Gasteiger partial charge in [0.25, 0.3) is 17.4 Å². The van der Waals surface area contributed by atoms with Crippen LogP contribution >= 0.6 is 23.5 Å². The van der Waals surface area contributed by atoms with Gasteiger partial charge in [-0.15, -0.1) is 0 Å². The molecule has 4 aliphatic heterocycles. The van der Waals surface area contributed by atoms with Crippen LogP contribution in [-0.4, -0.2) is 215 Å². The summed E-state index contributed by atoms with van der Waals surface area (Å²) in [5.41, 5.74) is 14.6. The lowest BCUT2D eigenvalue weighted by molar-refractivity contribution is -0.138.